The number of carbonyl (C=O) groups excluding carboxylic acids is 1. The standard InChI is InChI=1S/C26H20Cl2N8O4/c27-17-6-7-20(36-13-22(28)31-33-36)18(11-17)19-12-24(37)35(15-29-19)21(10-16-4-2-1-3-5-16)26(40)30-23-8-9-34(32-23)14-25(38)39/h1-9,11-13,15,21H,10,14H2,(H,38,39)(H,30,32,40)/t21-/m0/s1. The van der Waals surface area contributed by atoms with Gasteiger partial charge in [-0.1, -0.05) is 58.7 Å². The summed E-state index contributed by atoms with van der Waals surface area (Å²) in [4.78, 5) is 42.3. The summed E-state index contributed by atoms with van der Waals surface area (Å²) < 4.78 is 3.85. The Balaban J connectivity index is 1.50. The summed E-state index contributed by atoms with van der Waals surface area (Å²) in [5.41, 5.74) is 1.68. The normalized spacial score (nSPS) is 11.8. The predicted molar refractivity (Wildman–Crippen MR) is 147 cm³/mol. The van der Waals surface area contributed by atoms with Crippen molar-refractivity contribution >= 4 is 40.9 Å². The van der Waals surface area contributed by atoms with Gasteiger partial charge in [0.15, 0.2) is 11.0 Å². The van der Waals surface area contributed by atoms with Crippen molar-refractivity contribution in [3.8, 4) is 16.9 Å². The van der Waals surface area contributed by atoms with Gasteiger partial charge in [-0.2, -0.15) is 5.10 Å². The Kier molecular flexibility index (Phi) is 7.71. The number of halogens is 2. The molecule has 0 saturated carbocycles. The largest absolute Gasteiger partial charge is 0.480 e. The number of anilines is 1. The van der Waals surface area contributed by atoms with Gasteiger partial charge in [-0.05, 0) is 23.8 Å². The molecule has 5 aromatic rings. The van der Waals surface area contributed by atoms with Crippen LogP contribution in [0.25, 0.3) is 16.9 Å². The average Bonchev–Trinajstić information content (AvgIpc) is 3.56. The number of carboxylic acids is 1. The number of hydrogen-bond acceptors (Lipinski definition) is 7. The van der Waals surface area contributed by atoms with Crippen molar-refractivity contribution in [2.24, 2.45) is 0 Å². The lowest BCUT2D eigenvalue weighted by molar-refractivity contribution is -0.137. The van der Waals surface area contributed by atoms with E-state index in [0.717, 1.165) is 5.56 Å². The quantitative estimate of drug-likeness (QED) is 0.270. The second-order valence-corrected chi connectivity index (χ2v) is 9.48. The number of hydrogen-bond donors (Lipinski definition) is 2. The van der Waals surface area contributed by atoms with Gasteiger partial charge in [0.25, 0.3) is 5.56 Å². The SMILES string of the molecule is O=C(O)Cn1ccc(NC(=O)[C@H](Cc2ccccc2)n2cnc(-c3cc(Cl)ccc3-n3cc(Cl)nn3)cc2=O)n1. The van der Waals surface area contributed by atoms with Gasteiger partial charge in [-0.15, -0.1) is 5.10 Å². The number of carbonyl (C=O) groups is 2. The van der Waals surface area contributed by atoms with Gasteiger partial charge < -0.3 is 10.4 Å². The molecule has 0 saturated heterocycles. The molecule has 3 aromatic heterocycles. The van der Waals surface area contributed by atoms with Crippen molar-refractivity contribution < 1.29 is 14.7 Å². The highest BCUT2D eigenvalue weighted by molar-refractivity contribution is 6.31. The van der Waals surface area contributed by atoms with E-state index in [9.17, 15) is 14.4 Å². The zero-order valence-corrected chi connectivity index (χ0v) is 22.1. The highest BCUT2D eigenvalue weighted by atomic mass is 35.5. The fraction of sp³-hybridized carbons (Fsp3) is 0.115. The lowest BCUT2D eigenvalue weighted by Crippen LogP contribution is -2.35. The first-order valence-corrected chi connectivity index (χ1v) is 12.6. The Bertz CT molecular complexity index is 1750. The first-order chi connectivity index (χ1) is 19.3. The fourth-order valence-corrected chi connectivity index (χ4v) is 4.38. The minimum atomic E-state index is -1.07. The molecular formula is C26H20Cl2N8O4. The number of carboxylic acid groups (broad SMARTS) is 1. The van der Waals surface area contributed by atoms with Crippen LogP contribution < -0.4 is 10.9 Å². The Morgan fingerprint density at radius 3 is 2.55 bits per heavy atom. The van der Waals surface area contributed by atoms with Gasteiger partial charge in [0, 0.05) is 35.3 Å². The van der Waals surface area contributed by atoms with Crippen molar-refractivity contribution in [1.29, 1.82) is 0 Å². The monoisotopic (exact) mass is 578 g/mol. The van der Waals surface area contributed by atoms with E-state index in [-0.39, 0.29) is 23.9 Å². The molecule has 12 nitrogen and oxygen atoms in total. The Hall–Kier alpha value is -4.81. The second kappa shape index (κ2) is 11.5. The first-order valence-electron chi connectivity index (χ1n) is 11.8. The molecule has 40 heavy (non-hydrogen) atoms. The van der Waals surface area contributed by atoms with Crippen molar-refractivity contribution in [2.75, 3.05) is 5.32 Å². The highest BCUT2D eigenvalue weighted by Gasteiger charge is 2.24. The van der Waals surface area contributed by atoms with Gasteiger partial charge in [-0.25, -0.2) is 9.67 Å². The topological polar surface area (TPSA) is 150 Å². The van der Waals surface area contributed by atoms with Crippen molar-refractivity contribution in [3.05, 3.63) is 105 Å². The van der Waals surface area contributed by atoms with Crippen LogP contribution in [0.4, 0.5) is 5.82 Å². The Morgan fingerprint density at radius 2 is 1.85 bits per heavy atom. The number of benzene rings is 2. The molecular weight excluding hydrogens is 559 g/mol. The number of aliphatic carboxylic acids is 1. The zero-order chi connectivity index (χ0) is 28.2. The molecule has 2 aromatic carbocycles. The molecule has 14 heteroatoms. The summed E-state index contributed by atoms with van der Waals surface area (Å²) in [7, 11) is 0. The number of amides is 1. The van der Waals surface area contributed by atoms with Crippen LogP contribution in [0.5, 0.6) is 0 Å². The molecule has 2 N–H and O–H groups in total. The molecule has 0 aliphatic carbocycles. The molecule has 0 aliphatic rings. The highest BCUT2D eigenvalue weighted by Crippen LogP contribution is 2.28. The number of nitrogens with one attached hydrogen (secondary N) is 1. The molecule has 0 spiro atoms. The van der Waals surface area contributed by atoms with Crippen molar-refractivity contribution in [3.63, 3.8) is 0 Å². The third-order valence-corrected chi connectivity index (χ3v) is 6.29. The van der Waals surface area contributed by atoms with Gasteiger partial charge in [0.05, 0.1) is 23.9 Å². The van der Waals surface area contributed by atoms with Crippen LogP contribution in [0, 0.1) is 0 Å². The summed E-state index contributed by atoms with van der Waals surface area (Å²) >= 11 is 12.2. The van der Waals surface area contributed by atoms with Crippen LogP contribution in [0.1, 0.15) is 11.6 Å². The van der Waals surface area contributed by atoms with Crippen LogP contribution in [0.15, 0.2) is 84.2 Å². The molecule has 0 fully saturated rings. The molecule has 3 heterocycles. The summed E-state index contributed by atoms with van der Waals surface area (Å²) in [6.45, 7) is -0.361. The Labute approximate surface area is 236 Å². The zero-order valence-electron chi connectivity index (χ0n) is 20.6. The lowest BCUT2D eigenvalue weighted by atomic mass is 10.0. The van der Waals surface area contributed by atoms with Crippen LogP contribution in [0.3, 0.4) is 0 Å². The number of nitrogens with zero attached hydrogens (tertiary/aromatic N) is 7. The molecule has 0 aliphatic heterocycles. The van der Waals surface area contributed by atoms with Crippen LogP contribution >= 0.6 is 23.2 Å². The van der Waals surface area contributed by atoms with Gasteiger partial charge in [0.2, 0.25) is 5.91 Å². The summed E-state index contributed by atoms with van der Waals surface area (Å²) in [5, 5.41) is 24.1. The van der Waals surface area contributed by atoms with Crippen molar-refractivity contribution in [2.45, 2.75) is 19.0 Å². The molecule has 5 rings (SSSR count). The van der Waals surface area contributed by atoms with Crippen molar-refractivity contribution in [1.82, 2.24) is 34.3 Å². The van der Waals surface area contributed by atoms with E-state index in [4.69, 9.17) is 28.3 Å². The van der Waals surface area contributed by atoms with E-state index in [0.29, 0.717) is 22.0 Å². The van der Waals surface area contributed by atoms with E-state index < -0.39 is 23.5 Å². The van der Waals surface area contributed by atoms with E-state index in [2.05, 4.69) is 25.7 Å². The summed E-state index contributed by atoms with van der Waals surface area (Å²) in [5.74, 6) is -1.45. The van der Waals surface area contributed by atoms with E-state index in [1.54, 1.807) is 18.2 Å². The molecule has 202 valence electrons. The van der Waals surface area contributed by atoms with E-state index in [1.165, 1.54) is 44.8 Å². The summed E-state index contributed by atoms with van der Waals surface area (Å²) in [6.07, 6.45) is 4.42. The summed E-state index contributed by atoms with van der Waals surface area (Å²) in [6, 6.07) is 16.0. The molecule has 1 amide bonds. The number of aromatic nitrogens is 7. The third-order valence-electron chi connectivity index (χ3n) is 5.88. The second-order valence-electron chi connectivity index (χ2n) is 8.65. The molecule has 0 bridgehead atoms. The van der Waals surface area contributed by atoms with E-state index >= 15 is 0 Å². The maximum atomic E-state index is 13.4. The van der Waals surface area contributed by atoms with Gasteiger partial charge >= 0.3 is 5.97 Å². The van der Waals surface area contributed by atoms with Gasteiger partial charge in [0.1, 0.15) is 12.6 Å². The first kappa shape index (κ1) is 26.8. The van der Waals surface area contributed by atoms with Crippen LogP contribution in [-0.4, -0.2) is 51.3 Å². The lowest BCUT2D eigenvalue weighted by Gasteiger charge is -2.19. The smallest absolute Gasteiger partial charge is 0.325 e. The van der Waals surface area contributed by atoms with E-state index in [1.807, 2.05) is 30.3 Å². The van der Waals surface area contributed by atoms with Gasteiger partial charge in [-0.3, -0.25) is 23.6 Å². The maximum Gasteiger partial charge on any atom is 0.325 e. The molecule has 1 atom stereocenters. The molecule has 0 radical (unpaired) electrons. The van der Waals surface area contributed by atoms with Crippen LogP contribution in [0.2, 0.25) is 10.2 Å². The minimum Gasteiger partial charge on any atom is -0.480 e. The third kappa shape index (κ3) is 6.08. The predicted octanol–water partition coefficient (Wildman–Crippen LogP) is 3.50. The maximum absolute atomic E-state index is 13.4. The fourth-order valence-electron chi connectivity index (χ4n) is 4.09. The average molecular weight is 579 g/mol. The molecule has 0 unspecified atom stereocenters. The minimum absolute atomic E-state index is 0.150. The Morgan fingerprint density at radius 1 is 1.05 bits per heavy atom. The number of rotatable bonds is 9. The van der Waals surface area contributed by atoms with Crippen LogP contribution in [-0.2, 0) is 22.6 Å².